The van der Waals surface area contributed by atoms with E-state index in [0.29, 0.717) is 44.8 Å². The van der Waals surface area contributed by atoms with Gasteiger partial charge in [0.2, 0.25) is 0 Å². The number of carbonyl (C=O) groups excluding carboxylic acids is 2. The van der Waals surface area contributed by atoms with Gasteiger partial charge in [0.05, 0.1) is 13.2 Å². The lowest BCUT2D eigenvalue weighted by Crippen LogP contribution is -2.30. The van der Waals surface area contributed by atoms with Crippen molar-refractivity contribution in [3.05, 3.63) is 0 Å². The van der Waals surface area contributed by atoms with Crippen molar-refractivity contribution in [1.82, 2.24) is 0 Å². The standard InChI is InChI=1S/C28H52O6/c1-5-7-16-24(6-2)22-32-28(30)34-26-19-17-25(18-20-26)33-27(29)31-21-14-12-10-8-9-11-13-15-23(3)4/h23-26H,5-22H2,1-4H3. The summed E-state index contributed by atoms with van der Waals surface area (Å²) in [4.78, 5) is 23.9. The molecule has 0 saturated heterocycles. The number of hydrogen-bond acceptors (Lipinski definition) is 6. The Bertz CT molecular complexity index is 513. The summed E-state index contributed by atoms with van der Waals surface area (Å²) in [6.45, 7) is 9.70. The van der Waals surface area contributed by atoms with Crippen LogP contribution >= 0.6 is 0 Å². The van der Waals surface area contributed by atoms with Gasteiger partial charge in [0.1, 0.15) is 12.2 Å². The van der Waals surface area contributed by atoms with Crippen molar-refractivity contribution < 1.29 is 28.5 Å². The zero-order valence-electron chi connectivity index (χ0n) is 22.5. The molecule has 0 aromatic rings. The van der Waals surface area contributed by atoms with E-state index < -0.39 is 12.3 Å². The third-order valence-corrected chi connectivity index (χ3v) is 6.77. The van der Waals surface area contributed by atoms with Gasteiger partial charge < -0.3 is 18.9 Å². The van der Waals surface area contributed by atoms with Crippen LogP contribution in [0.3, 0.4) is 0 Å². The van der Waals surface area contributed by atoms with E-state index in [-0.39, 0.29) is 12.2 Å². The van der Waals surface area contributed by atoms with Crippen LogP contribution in [0.25, 0.3) is 0 Å². The molecule has 0 radical (unpaired) electrons. The van der Waals surface area contributed by atoms with Crippen LogP contribution in [-0.4, -0.2) is 37.7 Å². The van der Waals surface area contributed by atoms with Crippen LogP contribution in [0.15, 0.2) is 0 Å². The summed E-state index contributed by atoms with van der Waals surface area (Å²) < 4.78 is 21.4. The second-order valence-corrected chi connectivity index (χ2v) is 10.4. The molecule has 0 heterocycles. The van der Waals surface area contributed by atoms with Crippen LogP contribution in [0.4, 0.5) is 9.59 Å². The van der Waals surface area contributed by atoms with E-state index in [1.807, 2.05) is 0 Å². The Morgan fingerprint density at radius 3 is 1.76 bits per heavy atom. The molecule has 1 saturated carbocycles. The second-order valence-electron chi connectivity index (χ2n) is 10.4. The van der Waals surface area contributed by atoms with Crippen LogP contribution in [-0.2, 0) is 18.9 Å². The minimum Gasteiger partial charge on any atom is -0.434 e. The zero-order chi connectivity index (χ0) is 25.0. The Morgan fingerprint density at radius 2 is 1.24 bits per heavy atom. The molecule has 34 heavy (non-hydrogen) atoms. The van der Waals surface area contributed by atoms with E-state index in [2.05, 4.69) is 27.7 Å². The Balaban J connectivity index is 2.01. The fraction of sp³-hybridized carbons (Fsp3) is 0.929. The molecule has 1 atom stereocenters. The molecule has 200 valence electrons. The molecule has 0 aliphatic heterocycles. The SMILES string of the molecule is CCCCC(CC)COC(=O)OC1CCC(OC(=O)OCCCCCCCCCC(C)C)CC1. The fourth-order valence-electron chi connectivity index (χ4n) is 4.39. The smallest absolute Gasteiger partial charge is 0.434 e. The summed E-state index contributed by atoms with van der Waals surface area (Å²) >= 11 is 0. The number of rotatable bonds is 18. The maximum Gasteiger partial charge on any atom is 0.508 e. The van der Waals surface area contributed by atoms with Gasteiger partial charge in [0.25, 0.3) is 0 Å². The predicted molar refractivity (Wildman–Crippen MR) is 136 cm³/mol. The normalized spacial score (nSPS) is 19.0. The Labute approximate surface area is 208 Å². The lowest BCUT2D eigenvalue weighted by molar-refractivity contribution is -0.0296. The summed E-state index contributed by atoms with van der Waals surface area (Å²) in [6.07, 6.45) is 15.4. The van der Waals surface area contributed by atoms with Gasteiger partial charge in [-0.1, -0.05) is 91.9 Å². The van der Waals surface area contributed by atoms with Gasteiger partial charge in [-0.3, -0.25) is 0 Å². The molecule has 1 unspecified atom stereocenters. The topological polar surface area (TPSA) is 71.1 Å². The average molecular weight is 485 g/mol. The van der Waals surface area contributed by atoms with Crippen LogP contribution in [0.5, 0.6) is 0 Å². The van der Waals surface area contributed by atoms with E-state index >= 15 is 0 Å². The first kappa shape index (κ1) is 30.6. The van der Waals surface area contributed by atoms with Crippen molar-refractivity contribution in [3.8, 4) is 0 Å². The van der Waals surface area contributed by atoms with E-state index in [9.17, 15) is 9.59 Å². The number of carbonyl (C=O) groups is 2. The van der Waals surface area contributed by atoms with Gasteiger partial charge in [-0.2, -0.15) is 0 Å². The third-order valence-electron chi connectivity index (χ3n) is 6.77. The Hall–Kier alpha value is -1.46. The predicted octanol–water partition coefficient (Wildman–Crippen LogP) is 8.60. The van der Waals surface area contributed by atoms with Gasteiger partial charge in [0.15, 0.2) is 0 Å². The maximum absolute atomic E-state index is 12.0. The molecule has 6 heteroatoms. The van der Waals surface area contributed by atoms with E-state index in [1.165, 1.54) is 38.5 Å². The molecule has 0 spiro atoms. The van der Waals surface area contributed by atoms with Crippen LogP contribution in [0.2, 0.25) is 0 Å². The number of hydrogen-bond donors (Lipinski definition) is 0. The monoisotopic (exact) mass is 484 g/mol. The summed E-state index contributed by atoms with van der Waals surface area (Å²) in [5.74, 6) is 1.21. The van der Waals surface area contributed by atoms with Crippen molar-refractivity contribution in [2.45, 2.75) is 143 Å². The van der Waals surface area contributed by atoms with Crippen LogP contribution < -0.4 is 0 Å². The molecular weight excluding hydrogens is 432 g/mol. The maximum atomic E-state index is 12.0. The highest BCUT2D eigenvalue weighted by molar-refractivity contribution is 5.60. The highest BCUT2D eigenvalue weighted by Gasteiger charge is 2.27. The van der Waals surface area contributed by atoms with E-state index in [0.717, 1.165) is 44.4 Å². The second kappa shape index (κ2) is 19.8. The highest BCUT2D eigenvalue weighted by Crippen LogP contribution is 2.24. The molecule has 0 amide bonds. The number of unbranched alkanes of at least 4 members (excludes halogenated alkanes) is 7. The summed E-state index contributed by atoms with van der Waals surface area (Å²) in [6, 6.07) is 0. The van der Waals surface area contributed by atoms with Crippen LogP contribution in [0.1, 0.15) is 130 Å². The Kier molecular flexibility index (Phi) is 17.8. The van der Waals surface area contributed by atoms with Crippen molar-refractivity contribution in [2.24, 2.45) is 11.8 Å². The summed E-state index contributed by atoms with van der Waals surface area (Å²) in [7, 11) is 0. The van der Waals surface area contributed by atoms with E-state index in [4.69, 9.17) is 18.9 Å². The molecule has 0 bridgehead atoms. The zero-order valence-corrected chi connectivity index (χ0v) is 22.5. The third kappa shape index (κ3) is 16.2. The molecule has 0 aromatic carbocycles. The highest BCUT2D eigenvalue weighted by atomic mass is 16.7. The molecule has 6 nitrogen and oxygen atoms in total. The van der Waals surface area contributed by atoms with Gasteiger partial charge in [-0.15, -0.1) is 0 Å². The van der Waals surface area contributed by atoms with Gasteiger partial charge in [-0.25, -0.2) is 9.59 Å². The largest absolute Gasteiger partial charge is 0.508 e. The lowest BCUT2D eigenvalue weighted by Gasteiger charge is -2.27. The molecule has 1 aliphatic rings. The first-order valence-corrected chi connectivity index (χ1v) is 14.1. The first-order chi connectivity index (χ1) is 16.4. The average Bonchev–Trinajstić information content (AvgIpc) is 2.81. The van der Waals surface area contributed by atoms with Gasteiger partial charge >= 0.3 is 12.3 Å². The summed E-state index contributed by atoms with van der Waals surface area (Å²) in [5.41, 5.74) is 0. The molecular formula is C28H52O6. The first-order valence-electron chi connectivity index (χ1n) is 14.1. The minimum absolute atomic E-state index is 0.160. The molecule has 1 fully saturated rings. The van der Waals surface area contributed by atoms with Crippen LogP contribution in [0, 0.1) is 11.8 Å². The molecule has 0 aromatic heterocycles. The fourth-order valence-corrected chi connectivity index (χ4v) is 4.39. The number of ether oxygens (including phenoxy) is 4. The summed E-state index contributed by atoms with van der Waals surface area (Å²) in [5, 5.41) is 0. The quantitative estimate of drug-likeness (QED) is 0.143. The van der Waals surface area contributed by atoms with Gasteiger partial charge in [-0.05, 0) is 50.4 Å². The van der Waals surface area contributed by atoms with E-state index in [1.54, 1.807) is 0 Å². The minimum atomic E-state index is -0.575. The van der Waals surface area contributed by atoms with Crippen molar-refractivity contribution in [3.63, 3.8) is 0 Å². The van der Waals surface area contributed by atoms with Crippen molar-refractivity contribution in [1.29, 1.82) is 0 Å². The molecule has 1 rings (SSSR count). The van der Waals surface area contributed by atoms with Crippen molar-refractivity contribution >= 4 is 12.3 Å². The van der Waals surface area contributed by atoms with Crippen molar-refractivity contribution in [2.75, 3.05) is 13.2 Å². The Morgan fingerprint density at radius 1 is 0.706 bits per heavy atom. The molecule has 1 aliphatic carbocycles. The molecule has 0 N–H and O–H groups in total. The lowest BCUT2D eigenvalue weighted by atomic mass is 9.95. The van der Waals surface area contributed by atoms with Gasteiger partial charge in [0, 0.05) is 0 Å².